The van der Waals surface area contributed by atoms with Crippen molar-refractivity contribution in [2.45, 2.75) is 57.1 Å². The second-order valence-electron chi connectivity index (χ2n) is 8.29. The van der Waals surface area contributed by atoms with E-state index in [0.717, 1.165) is 63.7 Å². The Hall–Kier alpha value is -2.15. The van der Waals surface area contributed by atoms with Gasteiger partial charge in [-0.1, -0.05) is 0 Å². The van der Waals surface area contributed by atoms with Gasteiger partial charge in [-0.15, -0.1) is 0 Å². The molecule has 1 unspecified atom stereocenters. The van der Waals surface area contributed by atoms with Crippen LogP contribution in [0.5, 0.6) is 0 Å². The molecule has 4 rings (SSSR count). The third-order valence-electron chi connectivity index (χ3n) is 6.66. The first kappa shape index (κ1) is 18.2. The zero-order chi connectivity index (χ0) is 19.0. The van der Waals surface area contributed by atoms with E-state index in [1.165, 1.54) is 12.1 Å². The van der Waals surface area contributed by atoms with Gasteiger partial charge in [0.25, 0.3) is 5.69 Å². The lowest BCUT2D eigenvalue weighted by Crippen LogP contribution is -2.50. The Morgan fingerprint density at radius 1 is 1.07 bits per heavy atom. The minimum absolute atomic E-state index is 0.0908. The van der Waals surface area contributed by atoms with Crippen molar-refractivity contribution in [1.82, 2.24) is 4.90 Å². The number of aliphatic hydroxyl groups excluding tert-OH is 1. The molecule has 7 heteroatoms. The molecular formula is C20H27N3O4. The molecule has 1 amide bonds. The van der Waals surface area contributed by atoms with Gasteiger partial charge in [-0.05, 0) is 57.1 Å². The Kier molecular flexibility index (Phi) is 4.80. The van der Waals surface area contributed by atoms with Crippen LogP contribution in [-0.4, -0.2) is 52.6 Å². The van der Waals surface area contributed by atoms with Crippen molar-refractivity contribution in [3.63, 3.8) is 0 Å². The van der Waals surface area contributed by atoms with Crippen molar-refractivity contribution < 1.29 is 14.8 Å². The van der Waals surface area contributed by atoms with Crippen molar-refractivity contribution in [2.75, 3.05) is 24.5 Å². The van der Waals surface area contributed by atoms with E-state index in [9.17, 15) is 20.0 Å². The smallest absolute Gasteiger partial charge is 0.269 e. The van der Waals surface area contributed by atoms with Crippen LogP contribution < -0.4 is 4.90 Å². The maximum absolute atomic E-state index is 13.3. The van der Waals surface area contributed by atoms with Gasteiger partial charge in [0.1, 0.15) is 0 Å². The van der Waals surface area contributed by atoms with E-state index >= 15 is 0 Å². The van der Waals surface area contributed by atoms with Crippen LogP contribution in [0.25, 0.3) is 0 Å². The first-order valence-corrected chi connectivity index (χ1v) is 9.97. The molecule has 1 aromatic carbocycles. The number of hydrogen-bond donors (Lipinski definition) is 1. The number of non-ortho nitro benzene ring substituents is 1. The summed E-state index contributed by atoms with van der Waals surface area (Å²) < 4.78 is 0. The van der Waals surface area contributed by atoms with Gasteiger partial charge in [0.2, 0.25) is 5.91 Å². The Morgan fingerprint density at radius 3 is 2.44 bits per heavy atom. The average molecular weight is 373 g/mol. The van der Waals surface area contributed by atoms with E-state index in [1.807, 2.05) is 0 Å². The number of hydrogen-bond acceptors (Lipinski definition) is 5. The highest BCUT2D eigenvalue weighted by Crippen LogP contribution is 2.43. The number of amides is 1. The standard InChI is InChI=1S/C20H27N3O4/c24-18-8-6-16(7-9-18)22-13-11-20(19(22)25)10-1-12-21(14-20)15-2-4-17(5-3-15)23(26)27/h2-5,16,18,24H,1,6-14H2. The summed E-state index contributed by atoms with van der Waals surface area (Å²) in [4.78, 5) is 28.1. The fraction of sp³-hybridized carbons (Fsp3) is 0.650. The quantitative estimate of drug-likeness (QED) is 0.650. The van der Waals surface area contributed by atoms with Gasteiger partial charge in [-0.2, -0.15) is 0 Å². The third kappa shape index (κ3) is 3.40. The largest absolute Gasteiger partial charge is 0.393 e. The lowest BCUT2D eigenvalue weighted by molar-refractivity contribution is -0.384. The van der Waals surface area contributed by atoms with Crippen molar-refractivity contribution in [3.8, 4) is 0 Å². The average Bonchev–Trinajstić information content (AvgIpc) is 2.98. The number of nitro benzene ring substituents is 1. The van der Waals surface area contributed by atoms with Gasteiger partial charge in [0, 0.05) is 43.5 Å². The molecule has 27 heavy (non-hydrogen) atoms. The highest BCUT2D eigenvalue weighted by Gasteiger charge is 2.50. The van der Waals surface area contributed by atoms with Gasteiger partial charge in [0.15, 0.2) is 0 Å². The Bertz CT molecular complexity index is 714. The molecule has 146 valence electrons. The molecule has 2 heterocycles. The van der Waals surface area contributed by atoms with Crippen LogP contribution in [0.1, 0.15) is 44.9 Å². The summed E-state index contributed by atoms with van der Waals surface area (Å²) in [6.07, 6.45) is 5.92. The van der Waals surface area contributed by atoms with Crippen LogP contribution >= 0.6 is 0 Å². The molecule has 7 nitrogen and oxygen atoms in total. The molecule has 1 aliphatic carbocycles. The molecule has 2 aliphatic heterocycles. The number of anilines is 1. The minimum Gasteiger partial charge on any atom is -0.393 e. The predicted molar refractivity (Wildman–Crippen MR) is 102 cm³/mol. The highest BCUT2D eigenvalue weighted by molar-refractivity contribution is 5.86. The first-order valence-electron chi connectivity index (χ1n) is 9.97. The summed E-state index contributed by atoms with van der Waals surface area (Å²) in [6.45, 7) is 2.38. The van der Waals surface area contributed by atoms with Crippen molar-refractivity contribution >= 4 is 17.3 Å². The van der Waals surface area contributed by atoms with Crippen molar-refractivity contribution in [1.29, 1.82) is 0 Å². The van der Waals surface area contributed by atoms with Gasteiger partial charge < -0.3 is 14.9 Å². The highest BCUT2D eigenvalue weighted by atomic mass is 16.6. The second kappa shape index (κ2) is 7.11. The zero-order valence-electron chi connectivity index (χ0n) is 15.5. The van der Waals surface area contributed by atoms with Crippen LogP contribution in [0.2, 0.25) is 0 Å². The summed E-state index contributed by atoms with van der Waals surface area (Å²) in [5, 5.41) is 20.6. The Labute approximate surface area is 159 Å². The number of nitro groups is 1. The van der Waals surface area contributed by atoms with E-state index in [2.05, 4.69) is 9.80 Å². The normalized spacial score (nSPS) is 31.5. The number of benzene rings is 1. The van der Waals surface area contributed by atoms with Crippen molar-refractivity contribution in [2.24, 2.45) is 5.41 Å². The molecule has 1 N–H and O–H groups in total. The molecule has 2 saturated heterocycles. The summed E-state index contributed by atoms with van der Waals surface area (Å²) >= 11 is 0. The van der Waals surface area contributed by atoms with Crippen molar-refractivity contribution in [3.05, 3.63) is 34.4 Å². The first-order chi connectivity index (χ1) is 13.0. The maximum atomic E-state index is 13.3. The van der Waals surface area contributed by atoms with Gasteiger partial charge in [0.05, 0.1) is 16.4 Å². The van der Waals surface area contributed by atoms with Crippen LogP contribution in [0.15, 0.2) is 24.3 Å². The molecule has 1 spiro atoms. The number of nitrogens with zero attached hydrogens (tertiary/aromatic N) is 3. The molecule has 3 aliphatic rings. The number of carbonyl (C=O) groups is 1. The Morgan fingerprint density at radius 2 is 1.78 bits per heavy atom. The fourth-order valence-electron chi connectivity index (χ4n) is 5.08. The SMILES string of the molecule is O=C1N(C2CCC(O)CC2)CCC12CCCN(c1ccc([N+](=O)[O-])cc1)C2. The molecule has 3 fully saturated rings. The minimum atomic E-state index is -0.388. The van der Waals surface area contributed by atoms with Gasteiger partial charge >= 0.3 is 0 Å². The fourth-order valence-corrected chi connectivity index (χ4v) is 5.08. The van der Waals surface area contributed by atoms with E-state index in [1.54, 1.807) is 12.1 Å². The molecule has 0 radical (unpaired) electrons. The molecule has 1 aromatic rings. The summed E-state index contributed by atoms with van der Waals surface area (Å²) in [5.74, 6) is 0.274. The van der Waals surface area contributed by atoms with Gasteiger partial charge in [-0.3, -0.25) is 14.9 Å². The van der Waals surface area contributed by atoms with Crippen LogP contribution in [0, 0.1) is 15.5 Å². The van der Waals surface area contributed by atoms with Crippen LogP contribution in [-0.2, 0) is 4.79 Å². The second-order valence-corrected chi connectivity index (χ2v) is 8.29. The predicted octanol–water partition coefficient (Wildman–Crippen LogP) is 2.72. The topological polar surface area (TPSA) is 86.9 Å². The number of piperidine rings is 1. The molecule has 1 saturated carbocycles. The van der Waals surface area contributed by atoms with Crippen LogP contribution in [0.3, 0.4) is 0 Å². The summed E-state index contributed by atoms with van der Waals surface area (Å²) in [6, 6.07) is 6.92. The molecule has 0 bridgehead atoms. The molecule has 1 atom stereocenters. The maximum Gasteiger partial charge on any atom is 0.269 e. The van der Waals surface area contributed by atoms with Crippen LogP contribution in [0.4, 0.5) is 11.4 Å². The lowest BCUT2D eigenvalue weighted by atomic mass is 9.78. The van der Waals surface area contributed by atoms with E-state index in [4.69, 9.17) is 0 Å². The number of rotatable bonds is 3. The summed E-state index contributed by atoms with van der Waals surface area (Å²) in [7, 11) is 0. The van der Waals surface area contributed by atoms with E-state index in [-0.39, 0.29) is 34.1 Å². The number of likely N-dealkylation sites (tertiary alicyclic amines) is 1. The Balaban J connectivity index is 1.47. The number of aliphatic hydroxyl groups is 1. The zero-order valence-corrected chi connectivity index (χ0v) is 15.5. The summed E-state index contributed by atoms with van der Waals surface area (Å²) in [5.41, 5.74) is 0.718. The third-order valence-corrected chi connectivity index (χ3v) is 6.66. The molecule has 0 aromatic heterocycles. The van der Waals surface area contributed by atoms with E-state index < -0.39 is 0 Å². The monoisotopic (exact) mass is 373 g/mol. The van der Waals surface area contributed by atoms with E-state index in [0.29, 0.717) is 6.54 Å². The van der Waals surface area contributed by atoms with Gasteiger partial charge in [-0.25, -0.2) is 0 Å². The number of carbonyl (C=O) groups excluding carboxylic acids is 1. The lowest BCUT2D eigenvalue weighted by Gasteiger charge is -2.41. The molecular weight excluding hydrogens is 346 g/mol.